The van der Waals surface area contributed by atoms with Crippen LogP contribution in [0.3, 0.4) is 0 Å². The molecule has 1 fully saturated rings. The second kappa shape index (κ2) is 7.54. The van der Waals surface area contributed by atoms with E-state index in [0.717, 1.165) is 0 Å². The van der Waals surface area contributed by atoms with E-state index < -0.39 is 5.60 Å². The predicted molar refractivity (Wildman–Crippen MR) is 77.9 cm³/mol. The maximum absolute atomic E-state index is 12.9. The average molecular weight is 294 g/mol. The van der Waals surface area contributed by atoms with Crippen LogP contribution in [0.25, 0.3) is 0 Å². The van der Waals surface area contributed by atoms with Crippen molar-refractivity contribution >= 4 is 5.78 Å². The van der Waals surface area contributed by atoms with E-state index in [0.29, 0.717) is 50.6 Å². The number of carbonyl (C=O) groups excluding carboxylic acids is 1. The molecule has 0 amide bonds. The summed E-state index contributed by atoms with van der Waals surface area (Å²) >= 11 is 0. The molecule has 21 heavy (non-hydrogen) atoms. The number of carbonyl (C=O) groups is 1. The van der Waals surface area contributed by atoms with E-state index in [-0.39, 0.29) is 5.78 Å². The highest BCUT2D eigenvalue weighted by molar-refractivity contribution is 6.04. The quantitative estimate of drug-likeness (QED) is 0.569. The second-order valence-corrected chi connectivity index (χ2v) is 4.98. The molecule has 5 nitrogen and oxygen atoms in total. The minimum atomic E-state index is -0.807. The number of rotatable bonds is 7. The number of Topliss-reactive ketones (excluding diaryl/α,β-unsaturated/α-hetero) is 1. The van der Waals surface area contributed by atoms with Crippen molar-refractivity contribution in [2.45, 2.75) is 18.4 Å². The summed E-state index contributed by atoms with van der Waals surface area (Å²) in [6.07, 6.45) is 1.13. The van der Waals surface area contributed by atoms with Crippen molar-refractivity contribution in [3.05, 3.63) is 29.8 Å². The van der Waals surface area contributed by atoms with Crippen LogP contribution < -0.4 is 4.74 Å². The monoisotopic (exact) mass is 294 g/mol. The van der Waals surface area contributed by atoms with Gasteiger partial charge in [-0.25, -0.2) is 0 Å². The Labute approximate surface area is 125 Å². The molecule has 0 unspecified atom stereocenters. The van der Waals surface area contributed by atoms with Crippen molar-refractivity contribution in [1.29, 1.82) is 0 Å². The van der Waals surface area contributed by atoms with Crippen LogP contribution in [0.5, 0.6) is 5.75 Å². The highest BCUT2D eigenvalue weighted by Gasteiger charge is 2.41. The number of para-hydroxylation sites is 1. The Hall–Kier alpha value is -1.43. The average Bonchev–Trinajstić information content (AvgIpc) is 2.55. The van der Waals surface area contributed by atoms with E-state index in [1.54, 1.807) is 26.4 Å². The zero-order valence-electron chi connectivity index (χ0n) is 12.6. The molecular weight excluding hydrogens is 272 g/mol. The Balaban J connectivity index is 2.21. The van der Waals surface area contributed by atoms with Crippen LogP contribution in [0.4, 0.5) is 0 Å². The summed E-state index contributed by atoms with van der Waals surface area (Å²) in [4.78, 5) is 12.9. The molecule has 1 heterocycles. The first-order valence-electron chi connectivity index (χ1n) is 7.12. The lowest BCUT2D eigenvalue weighted by molar-refractivity contribution is -0.0664. The fraction of sp³-hybridized carbons (Fsp3) is 0.562. The molecule has 116 valence electrons. The van der Waals surface area contributed by atoms with Crippen LogP contribution in [0.1, 0.15) is 23.2 Å². The van der Waals surface area contributed by atoms with Gasteiger partial charge in [0.1, 0.15) is 18.0 Å². The van der Waals surface area contributed by atoms with Crippen LogP contribution in [-0.4, -0.2) is 52.0 Å². The van der Waals surface area contributed by atoms with Gasteiger partial charge in [0.15, 0.2) is 5.78 Å². The van der Waals surface area contributed by atoms with Gasteiger partial charge in [0.2, 0.25) is 0 Å². The fourth-order valence-electron chi connectivity index (χ4n) is 2.49. The molecule has 0 N–H and O–H groups in total. The minimum Gasteiger partial charge on any atom is -0.490 e. The largest absolute Gasteiger partial charge is 0.490 e. The molecule has 1 saturated heterocycles. The van der Waals surface area contributed by atoms with E-state index >= 15 is 0 Å². The normalized spacial score (nSPS) is 17.4. The molecule has 5 heteroatoms. The Morgan fingerprint density at radius 3 is 2.57 bits per heavy atom. The molecule has 0 atom stereocenters. The van der Waals surface area contributed by atoms with Crippen molar-refractivity contribution in [1.82, 2.24) is 0 Å². The van der Waals surface area contributed by atoms with Gasteiger partial charge in [-0.3, -0.25) is 4.79 Å². The van der Waals surface area contributed by atoms with E-state index in [4.69, 9.17) is 18.9 Å². The summed E-state index contributed by atoms with van der Waals surface area (Å²) in [5.74, 6) is 0.531. The molecule has 0 radical (unpaired) electrons. The van der Waals surface area contributed by atoms with E-state index in [9.17, 15) is 4.79 Å². The summed E-state index contributed by atoms with van der Waals surface area (Å²) in [5.41, 5.74) is -0.253. The van der Waals surface area contributed by atoms with Gasteiger partial charge < -0.3 is 18.9 Å². The van der Waals surface area contributed by atoms with Gasteiger partial charge in [-0.2, -0.15) is 0 Å². The molecule has 0 aromatic heterocycles. The highest BCUT2D eigenvalue weighted by Crippen LogP contribution is 2.32. The molecule has 1 aromatic carbocycles. The summed E-state index contributed by atoms with van der Waals surface area (Å²) in [6, 6.07) is 7.26. The zero-order valence-corrected chi connectivity index (χ0v) is 12.6. The lowest BCUT2D eigenvalue weighted by atomic mass is 9.85. The lowest BCUT2D eigenvalue weighted by Crippen LogP contribution is -2.45. The molecule has 0 aliphatic carbocycles. The highest BCUT2D eigenvalue weighted by atomic mass is 16.5. The lowest BCUT2D eigenvalue weighted by Gasteiger charge is -2.34. The van der Waals surface area contributed by atoms with E-state index in [1.807, 2.05) is 12.1 Å². The number of hydrogen-bond acceptors (Lipinski definition) is 5. The van der Waals surface area contributed by atoms with Crippen molar-refractivity contribution in [2.24, 2.45) is 0 Å². The Bertz CT molecular complexity index is 465. The Kier molecular flexibility index (Phi) is 5.73. The van der Waals surface area contributed by atoms with Gasteiger partial charge in [0, 0.05) is 40.3 Å². The summed E-state index contributed by atoms with van der Waals surface area (Å²) in [5, 5.41) is 0. The molecule has 0 bridgehead atoms. The Morgan fingerprint density at radius 2 is 1.90 bits per heavy atom. The molecule has 1 aromatic rings. The molecule has 0 spiro atoms. The van der Waals surface area contributed by atoms with Crippen LogP contribution in [0.15, 0.2) is 24.3 Å². The maximum atomic E-state index is 12.9. The maximum Gasteiger partial charge on any atom is 0.198 e. The predicted octanol–water partition coefficient (Wildman–Crippen LogP) is 2.09. The van der Waals surface area contributed by atoms with Crippen LogP contribution >= 0.6 is 0 Å². The molecule has 0 saturated carbocycles. The molecule has 1 aliphatic heterocycles. The van der Waals surface area contributed by atoms with Crippen LogP contribution in [-0.2, 0) is 14.2 Å². The fourth-order valence-corrected chi connectivity index (χ4v) is 2.49. The van der Waals surface area contributed by atoms with Crippen molar-refractivity contribution < 1.29 is 23.7 Å². The number of methoxy groups -OCH3 is 2. The molecular formula is C16H22O5. The first-order valence-corrected chi connectivity index (χ1v) is 7.12. The molecule has 1 aliphatic rings. The summed E-state index contributed by atoms with van der Waals surface area (Å²) < 4.78 is 21.5. The number of ketones is 1. The molecule has 2 rings (SSSR count). The van der Waals surface area contributed by atoms with Gasteiger partial charge in [-0.15, -0.1) is 0 Å². The second-order valence-electron chi connectivity index (χ2n) is 4.98. The van der Waals surface area contributed by atoms with E-state index in [2.05, 4.69) is 0 Å². The van der Waals surface area contributed by atoms with E-state index in [1.165, 1.54) is 0 Å². The van der Waals surface area contributed by atoms with Crippen molar-refractivity contribution in [2.75, 3.05) is 40.6 Å². The van der Waals surface area contributed by atoms with Crippen molar-refractivity contribution in [3.8, 4) is 5.75 Å². The van der Waals surface area contributed by atoms with Gasteiger partial charge >= 0.3 is 0 Å². The number of hydrogen-bond donors (Lipinski definition) is 0. The zero-order chi connectivity index (χ0) is 15.1. The third-order valence-corrected chi connectivity index (χ3v) is 3.78. The third-order valence-electron chi connectivity index (χ3n) is 3.78. The summed E-state index contributed by atoms with van der Waals surface area (Å²) in [6.45, 7) is 1.95. The minimum absolute atomic E-state index is 0.0404. The van der Waals surface area contributed by atoms with Gasteiger partial charge in [0.25, 0.3) is 0 Å². The van der Waals surface area contributed by atoms with Gasteiger partial charge in [-0.05, 0) is 12.1 Å². The van der Waals surface area contributed by atoms with Gasteiger partial charge in [-0.1, -0.05) is 12.1 Å². The van der Waals surface area contributed by atoms with Crippen LogP contribution in [0, 0.1) is 0 Å². The summed E-state index contributed by atoms with van der Waals surface area (Å²) in [7, 11) is 3.19. The topological polar surface area (TPSA) is 54.0 Å². The van der Waals surface area contributed by atoms with Crippen LogP contribution in [0.2, 0.25) is 0 Å². The first kappa shape index (κ1) is 15.9. The van der Waals surface area contributed by atoms with Crippen molar-refractivity contribution in [3.63, 3.8) is 0 Å². The third kappa shape index (κ3) is 3.61. The van der Waals surface area contributed by atoms with Gasteiger partial charge in [0.05, 0.1) is 12.2 Å². The first-order chi connectivity index (χ1) is 10.2. The number of ether oxygens (including phenoxy) is 4. The Morgan fingerprint density at radius 1 is 1.19 bits per heavy atom. The number of benzene rings is 1. The SMILES string of the molecule is COCCOc1ccccc1C(=O)C1(OC)CCOCC1. The standard InChI is InChI=1S/C16H22O5/c1-18-11-12-21-14-6-4-3-5-13(14)15(17)16(19-2)7-9-20-10-8-16/h3-6H,7-12H2,1-2H3. The smallest absolute Gasteiger partial charge is 0.198 e.